The average Bonchev–Trinajstić information content (AvgIpc) is 2.26. The molecule has 94 valence electrons. The number of hydrogen-bond donors (Lipinski definition) is 0. The highest BCUT2D eigenvalue weighted by molar-refractivity contribution is 5.81. The SMILES string of the molecule is Cc1ccc(C(C)N(C)C(=O)C(C)(C)C)cc1. The van der Waals surface area contributed by atoms with Gasteiger partial charge in [-0.25, -0.2) is 0 Å². The van der Waals surface area contributed by atoms with Crippen LogP contribution in [0.15, 0.2) is 24.3 Å². The van der Waals surface area contributed by atoms with Crippen molar-refractivity contribution in [1.82, 2.24) is 4.90 Å². The van der Waals surface area contributed by atoms with Crippen molar-refractivity contribution in [2.45, 2.75) is 40.7 Å². The van der Waals surface area contributed by atoms with Crippen molar-refractivity contribution in [3.8, 4) is 0 Å². The van der Waals surface area contributed by atoms with Gasteiger partial charge in [-0.05, 0) is 19.4 Å². The number of carbonyl (C=O) groups is 1. The van der Waals surface area contributed by atoms with Crippen LogP contribution in [0.2, 0.25) is 0 Å². The van der Waals surface area contributed by atoms with Crippen LogP contribution in [0.4, 0.5) is 0 Å². The van der Waals surface area contributed by atoms with E-state index in [-0.39, 0.29) is 17.4 Å². The molecule has 0 saturated carbocycles. The molecule has 0 fully saturated rings. The first kappa shape index (κ1) is 13.8. The molecular weight excluding hydrogens is 210 g/mol. The van der Waals surface area contributed by atoms with E-state index in [0.717, 1.165) is 0 Å². The molecular formula is C15H23NO. The van der Waals surface area contributed by atoms with E-state index in [2.05, 4.69) is 38.1 Å². The van der Waals surface area contributed by atoms with Gasteiger partial charge in [-0.3, -0.25) is 4.79 Å². The van der Waals surface area contributed by atoms with Crippen LogP contribution in [0.5, 0.6) is 0 Å². The van der Waals surface area contributed by atoms with Crippen molar-refractivity contribution in [2.24, 2.45) is 5.41 Å². The molecule has 0 aliphatic carbocycles. The molecule has 0 aliphatic rings. The maximum atomic E-state index is 12.2. The Kier molecular flexibility index (Phi) is 3.97. The fraction of sp³-hybridized carbons (Fsp3) is 0.533. The minimum Gasteiger partial charge on any atom is -0.339 e. The van der Waals surface area contributed by atoms with E-state index < -0.39 is 0 Å². The number of hydrogen-bond acceptors (Lipinski definition) is 1. The van der Waals surface area contributed by atoms with E-state index in [4.69, 9.17) is 0 Å². The smallest absolute Gasteiger partial charge is 0.228 e. The van der Waals surface area contributed by atoms with Crippen LogP contribution in [0, 0.1) is 12.3 Å². The lowest BCUT2D eigenvalue weighted by molar-refractivity contribution is -0.140. The van der Waals surface area contributed by atoms with Crippen molar-refractivity contribution in [3.05, 3.63) is 35.4 Å². The van der Waals surface area contributed by atoms with Crippen molar-refractivity contribution in [2.75, 3.05) is 7.05 Å². The summed E-state index contributed by atoms with van der Waals surface area (Å²) in [7, 11) is 1.87. The number of amides is 1. The summed E-state index contributed by atoms with van der Waals surface area (Å²) < 4.78 is 0. The van der Waals surface area contributed by atoms with Crippen LogP contribution in [-0.2, 0) is 4.79 Å². The highest BCUT2D eigenvalue weighted by atomic mass is 16.2. The number of nitrogens with zero attached hydrogens (tertiary/aromatic N) is 1. The van der Waals surface area contributed by atoms with Crippen LogP contribution in [-0.4, -0.2) is 17.9 Å². The third-order valence-electron chi connectivity index (χ3n) is 3.10. The van der Waals surface area contributed by atoms with E-state index >= 15 is 0 Å². The molecule has 2 nitrogen and oxygen atoms in total. The second-order valence-corrected chi connectivity index (χ2v) is 5.75. The summed E-state index contributed by atoms with van der Waals surface area (Å²) in [6.45, 7) is 9.99. The summed E-state index contributed by atoms with van der Waals surface area (Å²) in [5.41, 5.74) is 2.09. The van der Waals surface area contributed by atoms with E-state index in [0.29, 0.717) is 0 Å². The van der Waals surface area contributed by atoms with Gasteiger partial charge in [0.15, 0.2) is 0 Å². The minimum atomic E-state index is -0.326. The summed E-state index contributed by atoms with van der Waals surface area (Å²) in [6, 6.07) is 8.46. The molecule has 0 aromatic heterocycles. The number of rotatable bonds is 2. The van der Waals surface area contributed by atoms with Crippen molar-refractivity contribution >= 4 is 5.91 Å². The third-order valence-corrected chi connectivity index (χ3v) is 3.10. The zero-order valence-electron chi connectivity index (χ0n) is 11.7. The fourth-order valence-electron chi connectivity index (χ4n) is 1.77. The molecule has 0 radical (unpaired) electrons. The Labute approximate surface area is 105 Å². The Morgan fingerprint density at radius 2 is 1.65 bits per heavy atom. The molecule has 1 aromatic carbocycles. The second kappa shape index (κ2) is 4.91. The third kappa shape index (κ3) is 3.32. The van der Waals surface area contributed by atoms with Gasteiger partial charge in [-0.2, -0.15) is 0 Å². The van der Waals surface area contributed by atoms with Crippen LogP contribution in [0.1, 0.15) is 44.9 Å². The molecule has 1 rings (SSSR count). The van der Waals surface area contributed by atoms with Crippen LogP contribution >= 0.6 is 0 Å². The first-order valence-corrected chi connectivity index (χ1v) is 6.07. The predicted octanol–water partition coefficient (Wildman–Crippen LogP) is 3.56. The zero-order chi connectivity index (χ0) is 13.2. The van der Waals surface area contributed by atoms with Gasteiger partial charge in [0.25, 0.3) is 0 Å². The first-order valence-electron chi connectivity index (χ1n) is 6.07. The Bertz CT molecular complexity index is 386. The Morgan fingerprint density at radius 3 is 2.06 bits per heavy atom. The molecule has 1 amide bonds. The lowest BCUT2D eigenvalue weighted by Gasteiger charge is -2.31. The molecule has 1 unspecified atom stereocenters. The summed E-state index contributed by atoms with van der Waals surface area (Å²) >= 11 is 0. The molecule has 0 saturated heterocycles. The zero-order valence-corrected chi connectivity index (χ0v) is 11.7. The van der Waals surface area contributed by atoms with Gasteiger partial charge >= 0.3 is 0 Å². The van der Waals surface area contributed by atoms with Gasteiger partial charge in [-0.15, -0.1) is 0 Å². The summed E-state index contributed by atoms with van der Waals surface area (Å²) in [6.07, 6.45) is 0. The van der Waals surface area contributed by atoms with E-state index in [9.17, 15) is 4.79 Å². The monoisotopic (exact) mass is 233 g/mol. The van der Waals surface area contributed by atoms with Crippen molar-refractivity contribution in [3.63, 3.8) is 0 Å². The number of aryl methyl sites for hydroxylation is 1. The lowest BCUT2D eigenvalue weighted by Crippen LogP contribution is -2.38. The van der Waals surface area contributed by atoms with Gasteiger partial charge < -0.3 is 4.90 Å². The highest BCUT2D eigenvalue weighted by Crippen LogP contribution is 2.25. The van der Waals surface area contributed by atoms with Gasteiger partial charge in [0.05, 0.1) is 6.04 Å². The molecule has 0 N–H and O–H groups in total. The largest absolute Gasteiger partial charge is 0.339 e. The second-order valence-electron chi connectivity index (χ2n) is 5.75. The first-order chi connectivity index (χ1) is 7.73. The number of carbonyl (C=O) groups excluding carboxylic acids is 1. The normalized spacial score (nSPS) is 13.3. The van der Waals surface area contributed by atoms with Crippen molar-refractivity contribution < 1.29 is 4.79 Å². The average molecular weight is 233 g/mol. The molecule has 2 heteroatoms. The van der Waals surface area contributed by atoms with Crippen molar-refractivity contribution in [1.29, 1.82) is 0 Å². The predicted molar refractivity (Wildman–Crippen MR) is 71.8 cm³/mol. The summed E-state index contributed by atoms with van der Waals surface area (Å²) in [5.74, 6) is 0.172. The van der Waals surface area contributed by atoms with E-state index in [1.54, 1.807) is 0 Å². The van der Waals surface area contributed by atoms with Gasteiger partial charge in [-0.1, -0.05) is 50.6 Å². The van der Waals surface area contributed by atoms with Crippen LogP contribution < -0.4 is 0 Å². The molecule has 0 bridgehead atoms. The van der Waals surface area contributed by atoms with Crippen LogP contribution in [0.25, 0.3) is 0 Å². The van der Waals surface area contributed by atoms with E-state index in [1.165, 1.54) is 11.1 Å². The minimum absolute atomic E-state index is 0.113. The molecule has 1 aromatic rings. The highest BCUT2D eigenvalue weighted by Gasteiger charge is 2.28. The standard InChI is InChI=1S/C15H23NO/c1-11-7-9-13(10-8-11)12(2)16(6)14(17)15(3,4)5/h7-10,12H,1-6H3. The Balaban J connectivity index is 2.87. The van der Waals surface area contributed by atoms with Gasteiger partial charge in [0.1, 0.15) is 0 Å². The maximum absolute atomic E-state index is 12.2. The molecule has 0 spiro atoms. The topological polar surface area (TPSA) is 20.3 Å². The molecule has 17 heavy (non-hydrogen) atoms. The number of benzene rings is 1. The Morgan fingerprint density at radius 1 is 1.18 bits per heavy atom. The quantitative estimate of drug-likeness (QED) is 0.765. The molecule has 0 aliphatic heterocycles. The Hall–Kier alpha value is -1.31. The van der Waals surface area contributed by atoms with Crippen LogP contribution in [0.3, 0.4) is 0 Å². The maximum Gasteiger partial charge on any atom is 0.228 e. The fourth-order valence-corrected chi connectivity index (χ4v) is 1.77. The molecule has 1 atom stereocenters. The van der Waals surface area contributed by atoms with Gasteiger partial charge in [0, 0.05) is 12.5 Å². The summed E-state index contributed by atoms with van der Waals surface area (Å²) in [5, 5.41) is 0. The van der Waals surface area contributed by atoms with Gasteiger partial charge in [0.2, 0.25) is 5.91 Å². The lowest BCUT2D eigenvalue weighted by atomic mass is 9.93. The molecule has 0 heterocycles. The van der Waals surface area contributed by atoms with E-state index in [1.807, 2.05) is 32.7 Å². The summed E-state index contributed by atoms with van der Waals surface area (Å²) in [4.78, 5) is 14.0.